The van der Waals surface area contributed by atoms with E-state index >= 15 is 0 Å². The lowest BCUT2D eigenvalue weighted by Gasteiger charge is -2.38. The second kappa shape index (κ2) is 8.69. The van der Waals surface area contributed by atoms with E-state index < -0.39 is 42.0 Å². The third kappa shape index (κ3) is 4.16. The van der Waals surface area contributed by atoms with Gasteiger partial charge in [-0.25, -0.2) is 23.5 Å². The first-order valence-corrected chi connectivity index (χ1v) is 13.1. The number of carbonyl (C=O) groups is 3. The number of hydrogen-bond donors (Lipinski definition) is 4. The summed E-state index contributed by atoms with van der Waals surface area (Å²) in [4.78, 5) is 61.0. The zero-order valence-electron chi connectivity index (χ0n) is 20.6. The number of hydrogen-bond acceptors (Lipinski definition) is 8. The summed E-state index contributed by atoms with van der Waals surface area (Å²) in [7, 11) is 0. The molecule has 1 spiro atoms. The summed E-state index contributed by atoms with van der Waals surface area (Å²) in [6.45, 7) is 2.17. The molecule has 12 nitrogen and oxygen atoms in total. The minimum Gasteiger partial charge on any atom is -0.465 e. The van der Waals surface area contributed by atoms with E-state index in [-0.39, 0.29) is 55.1 Å². The van der Waals surface area contributed by atoms with Crippen LogP contribution in [0.25, 0.3) is 10.2 Å². The number of thiophene rings is 1. The number of rotatable bonds is 4. The fourth-order valence-electron chi connectivity index (χ4n) is 5.48. The molecule has 2 fully saturated rings. The lowest BCUT2D eigenvalue weighted by Crippen LogP contribution is -2.60. The van der Waals surface area contributed by atoms with Gasteiger partial charge in [0.25, 0.3) is 17.4 Å². The lowest BCUT2D eigenvalue weighted by atomic mass is 9.86. The Balaban J connectivity index is 1.31. The van der Waals surface area contributed by atoms with Crippen LogP contribution >= 0.6 is 11.3 Å². The highest BCUT2D eigenvalue weighted by molar-refractivity contribution is 7.20. The first-order valence-electron chi connectivity index (χ1n) is 12.2. The van der Waals surface area contributed by atoms with Crippen molar-refractivity contribution in [3.05, 3.63) is 44.9 Å². The smallest absolute Gasteiger partial charge is 0.405 e. The van der Waals surface area contributed by atoms with Crippen molar-refractivity contribution in [1.82, 2.24) is 30.1 Å². The quantitative estimate of drug-likeness (QED) is 0.380. The largest absolute Gasteiger partial charge is 0.465 e. The Kier molecular flexibility index (Phi) is 5.61. The van der Waals surface area contributed by atoms with Gasteiger partial charge < -0.3 is 26.0 Å². The zero-order valence-corrected chi connectivity index (χ0v) is 21.4. The molecule has 204 valence electrons. The maximum absolute atomic E-state index is 13.9. The number of nitrogens with one attached hydrogen (secondary N) is 3. The molecule has 0 radical (unpaired) electrons. The van der Waals surface area contributed by atoms with Gasteiger partial charge in [-0.2, -0.15) is 0 Å². The van der Waals surface area contributed by atoms with Gasteiger partial charge in [-0.3, -0.25) is 19.0 Å². The average Bonchev–Trinajstić information content (AvgIpc) is 3.41. The molecule has 1 saturated heterocycles. The standard InChI is InChI=1S/C24H23F2N7O5S/c1-11-6-14(20(35)33-16(11)18(34)31-24(33)4-2-23(25,26)3-5-24)30-17-13-7-15(39-19(13)28-10-27-17)21(36)32-8-12(9-32)29-22(37)38/h6-7,10,12,29H,2-5,8-9H2,1H3,(H,31,34)(H,37,38)(H,27,28,30). The van der Waals surface area contributed by atoms with E-state index in [4.69, 9.17) is 5.11 Å². The third-order valence-corrected chi connectivity index (χ3v) is 8.51. The fourth-order valence-corrected chi connectivity index (χ4v) is 6.45. The van der Waals surface area contributed by atoms with Crippen LogP contribution < -0.4 is 21.5 Å². The van der Waals surface area contributed by atoms with Gasteiger partial charge in [0.05, 0.1) is 16.3 Å². The molecule has 6 rings (SSSR count). The fraction of sp³-hybridized carbons (Fsp3) is 0.417. The van der Waals surface area contributed by atoms with Crippen molar-refractivity contribution in [1.29, 1.82) is 0 Å². The molecule has 39 heavy (non-hydrogen) atoms. The van der Waals surface area contributed by atoms with Crippen molar-refractivity contribution in [3.8, 4) is 0 Å². The van der Waals surface area contributed by atoms with Crippen molar-refractivity contribution >= 4 is 51.0 Å². The van der Waals surface area contributed by atoms with Crippen LogP contribution in [0.1, 0.15) is 51.4 Å². The number of carbonyl (C=O) groups excluding carboxylic acids is 2. The molecular weight excluding hydrogens is 536 g/mol. The second-order valence-corrected chi connectivity index (χ2v) is 11.1. The van der Waals surface area contributed by atoms with Crippen LogP contribution in [0.4, 0.5) is 25.1 Å². The van der Waals surface area contributed by atoms with Crippen LogP contribution in [0.15, 0.2) is 23.3 Å². The maximum Gasteiger partial charge on any atom is 0.405 e. The molecular formula is C24H23F2N7O5S. The Bertz CT molecular complexity index is 1600. The molecule has 3 aromatic rings. The minimum absolute atomic E-state index is 0.0748. The topological polar surface area (TPSA) is 159 Å². The number of nitrogens with zero attached hydrogens (tertiary/aromatic N) is 4. The Labute approximate surface area is 223 Å². The number of halogens is 2. The van der Waals surface area contributed by atoms with Crippen molar-refractivity contribution in [3.63, 3.8) is 0 Å². The molecule has 0 unspecified atom stereocenters. The molecule has 0 aromatic carbocycles. The van der Waals surface area contributed by atoms with Gasteiger partial charge in [-0.05, 0) is 37.5 Å². The molecule has 3 aromatic heterocycles. The van der Waals surface area contributed by atoms with Gasteiger partial charge in [0.2, 0.25) is 5.92 Å². The summed E-state index contributed by atoms with van der Waals surface area (Å²) in [5, 5.41) is 17.5. The summed E-state index contributed by atoms with van der Waals surface area (Å²) in [5.74, 6) is -3.33. The number of fused-ring (bicyclic) bond motifs is 3. The number of aromatic nitrogens is 3. The summed E-state index contributed by atoms with van der Waals surface area (Å²) in [6.07, 6.45) is -0.899. The van der Waals surface area contributed by atoms with E-state index in [1.807, 2.05) is 0 Å². The Hall–Kier alpha value is -4.14. The number of aryl methyl sites for hydroxylation is 1. The molecule has 5 heterocycles. The zero-order chi connectivity index (χ0) is 27.7. The molecule has 1 aliphatic carbocycles. The van der Waals surface area contributed by atoms with Crippen LogP contribution in [0.3, 0.4) is 0 Å². The van der Waals surface area contributed by atoms with Gasteiger partial charge >= 0.3 is 6.09 Å². The van der Waals surface area contributed by atoms with E-state index in [9.17, 15) is 28.0 Å². The monoisotopic (exact) mass is 559 g/mol. The molecule has 0 bridgehead atoms. The number of pyridine rings is 1. The molecule has 15 heteroatoms. The van der Waals surface area contributed by atoms with Crippen molar-refractivity contribution < 1.29 is 28.3 Å². The molecule has 2 aliphatic heterocycles. The van der Waals surface area contributed by atoms with Crippen LogP contribution in [-0.4, -0.2) is 67.5 Å². The first-order chi connectivity index (χ1) is 18.5. The molecule has 3 amide bonds. The highest BCUT2D eigenvalue weighted by Gasteiger charge is 2.51. The van der Waals surface area contributed by atoms with Crippen molar-refractivity contribution in [2.75, 3.05) is 18.4 Å². The Morgan fingerprint density at radius 2 is 1.87 bits per heavy atom. The van der Waals surface area contributed by atoms with E-state index in [1.54, 1.807) is 13.0 Å². The summed E-state index contributed by atoms with van der Waals surface area (Å²) < 4.78 is 29.2. The Morgan fingerprint density at radius 3 is 2.56 bits per heavy atom. The van der Waals surface area contributed by atoms with Gasteiger partial charge in [0.1, 0.15) is 34.0 Å². The number of alkyl halides is 2. The Morgan fingerprint density at radius 1 is 1.15 bits per heavy atom. The van der Waals surface area contributed by atoms with Crippen LogP contribution in [0.5, 0.6) is 0 Å². The number of carboxylic acid groups (broad SMARTS) is 1. The van der Waals surface area contributed by atoms with Gasteiger partial charge in [0, 0.05) is 25.9 Å². The van der Waals surface area contributed by atoms with Crippen molar-refractivity contribution in [2.45, 2.75) is 50.2 Å². The predicted molar refractivity (Wildman–Crippen MR) is 136 cm³/mol. The highest BCUT2D eigenvalue weighted by Crippen LogP contribution is 2.43. The number of amides is 3. The summed E-state index contributed by atoms with van der Waals surface area (Å²) >= 11 is 1.14. The number of likely N-dealkylation sites (tertiary alicyclic amines) is 1. The van der Waals surface area contributed by atoms with Gasteiger partial charge in [-0.15, -0.1) is 11.3 Å². The van der Waals surface area contributed by atoms with Crippen LogP contribution in [-0.2, 0) is 5.66 Å². The van der Waals surface area contributed by atoms with E-state index in [1.165, 1.54) is 21.9 Å². The predicted octanol–water partition coefficient (Wildman–Crippen LogP) is 2.60. The minimum atomic E-state index is -2.85. The second-order valence-electron chi connectivity index (χ2n) is 10.1. The van der Waals surface area contributed by atoms with E-state index in [0.717, 1.165) is 11.3 Å². The van der Waals surface area contributed by atoms with Gasteiger partial charge in [0.15, 0.2) is 0 Å². The molecule has 1 saturated carbocycles. The first kappa shape index (κ1) is 25.2. The van der Waals surface area contributed by atoms with E-state index in [2.05, 4.69) is 25.9 Å². The highest BCUT2D eigenvalue weighted by atomic mass is 32.1. The number of anilines is 2. The molecule has 4 N–H and O–H groups in total. The van der Waals surface area contributed by atoms with E-state index in [0.29, 0.717) is 20.7 Å². The normalized spacial score (nSPS) is 19.5. The molecule has 3 aliphatic rings. The van der Waals surface area contributed by atoms with Crippen LogP contribution in [0.2, 0.25) is 0 Å². The lowest BCUT2D eigenvalue weighted by molar-refractivity contribution is -0.0667. The van der Waals surface area contributed by atoms with Gasteiger partial charge in [-0.1, -0.05) is 0 Å². The molecule has 0 atom stereocenters. The third-order valence-electron chi connectivity index (χ3n) is 7.48. The maximum atomic E-state index is 13.9. The van der Waals surface area contributed by atoms with Crippen LogP contribution in [0, 0.1) is 6.92 Å². The SMILES string of the molecule is Cc1cc(Nc2ncnc3sc(C(=O)N4CC(NC(=O)O)C4)cc23)c(=O)n2c1C(=O)NC21CCC(F)(F)CC1. The average molecular weight is 560 g/mol. The van der Waals surface area contributed by atoms with Crippen molar-refractivity contribution in [2.24, 2.45) is 0 Å². The summed E-state index contributed by atoms with van der Waals surface area (Å²) in [5.41, 5.74) is -1.01. The summed E-state index contributed by atoms with van der Waals surface area (Å²) in [6, 6.07) is 2.80.